The van der Waals surface area contributed by atoms with Crippen molar-refractivity contribution in [3.05, 3.63) is 22.4 Å². The van der Waals surface area contributed by atoms with Gasteiger partial charge in [-0.25, -0.2) is 4.98 Å². The number of pyridine rings is 1. The van der Waals surface area contributed by atoms with Gasteiger partial charge in [-0.3, -0.25) is 9.59 Å². The molecule has 90 valence electrons. The molecule has 5 nitrogen and oxygen atoms in total. The Bertz CT molecular complexity index is 472. The Morgan fingerprint density at radius 1 is 1.53 bits per heavy atom. The second-order valence-corrected chi connectivity index (χ2v) is 4.51. The van der Waals surface area contributed by atoms with Gasteiger partial charge in [-0.2, -0.15) is 0 Å². The first-order valence-corrected chi connectivity index (χ1v) is 5.66. The third-order valence-corrected chi connectivity index (χ3v) is 3.21. The lowest BCUT2D eigenvalue weighted by Gasteiger charge is -2.18. The first-order chi connectivity index (χ1) is 8.00. The van der Waals surface area contributed by atoms with Crippen LogP contribution in [-0.2, 0) is 9.59 Å². The largest absolute Gasteiger partial charge is 0.369 e. The molecule has 2 rings (SSSR count). The van der Waals surface area contributed by atoms with Crippen LogP contribution >= 0.6 is 23.2 Å². The monoisotopic (exact) mass is 273 g/mol. The topological polar surface area (TPSA) is 76.3 Å². The molecule has 0 saturated carbocycles. The van der Waals surface area contributed by atoms with Gasteiger partial charge in [0.2, 0.25) is 11.8 Å². The fourth-order valence-electron chi connectivity index (χ4n) is 1.76. The van der Waals surface area contributed by atoms with E-state index in [-0.39, 0.29) is 24.0 Å². The lowest BCUT2D eigenvalue weighted by atomic mass is 10.1. The average Bonchev–Trinajstić information content (AvgIpc) is 2.61. The van der Waals surface area contributed by atoms with Gasteiger partial charge in [-0.15, -0.1) is 0 Å². The Labute approximate surface area is 107 Å². The van der Waals surface area contributed by atoms with Gasteiger partial charge in [0.1, 0.15) is 5.69 Å². The van der Waals surface area contributed by atoms with Gasteiger partial charge < -0.3 is 10.6 Å². The standard InChI is InChI=1S/C10H9Cl2N3O2/c11-6-1-2-14-9(12)8(6)15-4-5(10(13)17)3-7(15)16/h1-2,5H,3-4H2,(H2,13,17). The minimum absolute atomic E-state index is 0.0802. The summed E-state index contributed by atoms with van der Waals surface area (Å²) in [6, 6.07) is 1.54. The van der Waals surface area contributed by atoms with Crippen LogP contribution in [0.5, 0.6) is 0 Å². The van der Waals surface area contributed by atoms with E-state index in [0.717, 1.165) is 0 Å². The number of halogens is 2. The summed E-state index contributed by atoms with van der Waals surface area (Å²) >= 11 is 11.9. The molecule has 0 aliphatic carbocycles. The van der Waals surface area contributed by atoms with E-state index in [1.54, 1.807) is 0 Å². The predicted molar refractivity (Wildman–Crippen MR) is 63.9 cm³/mol. The molecule has 1 saturated heterocycles. The minimum atomic E-state index is -0.505. The Balaban J connectivity index is 2.35. The lowest BCUT2D eigenvalue weighted by Crippen LogP contribution is -2.28. The minimum Gasteiger partial charge on any atom is -0.369 e. The highest BCUT2D eigenvalue weighted by atomic mass is 35.5. The summed E-state index contributed by atoms with van der Waals surface area (Å²) in [6.07, 6.45) is 1.52. The van der Waals surface area contributed by atoms with Crippen molar-refractivity contribution in [1.29, 1.82) is 0 Å². The number of primary amides is 1. The summed E-state index contributed by atoms with van der Waals surface area (Å²) in [5, 5.41) is 0.458. The number of hydrogen-bond donors (Lipinski definition) is 1. The molecule has 0 radical (unpaired) electrons. The van der Waals surface area contributed by atoms with Crippen molar-refractivity contribution >= 4 is 40.7 Å². The summed E-state index contributed by atoms with van der Waals surface area (Å²) in [5.41, 5.74) is 5.51. The molecule has 1 atom stereocenters. The van der Waals surface area contributed by atoms with Crippen LogP contribution in [-0.4, -0.2) is 23.3 Å². The quantitative estimate of drug-likeness (QED) is 0.824. The number of rotatable bonds is 2. The van der Waals surface area contributed by atoms with Crippen LogP contribution in [0.25, 0.3) is 0 Å². The zero-order valence-electron chi connectivity index (χ0n) is 8.69. The third-order valence-electron chi connectivity index (χ3n) is 2.63. The van der Waals surface area contributed by atoms with Crippen molar-refractivity contribution in [3.63, 3.8) is 0 Å². The summed E-state index contributed by atoms with van der Waals surface area (Å²) < 4.78 is 0. The maximum Gasteiger partial charge on any atom is 0.228 e. The number of carbonyl (C=O) groups excluding carboxylic acids is 2. The highest BCUT2D eigenvalue weighted by molar-refractivity contribution is 6.39. The molecule has 0 spiro atoms. The van der Waals surface area contributed by atoms with E-state index >= 15 is 0 Å². The van der Waals surface area contributed by atoms with Crippen molar-refractivity contribution in [2.24, 2.45) is 11.7 Å². The van der Waals surface area contributed by atoms with Gasteiger partial charge >= 0.3 is 0 Å². The number of nitrogens with zero attached hydrogens (tertiary/aromatic N) is 2. The SMILES string of the molecule is NC(=O)C1CC(=O)N(c2c(Cl)ccnc2Cl)C1. The van der Waals surface area contributed by atoms with Crippen LogP contribution in [0, 0.1) is 5.92 Å². The van der Waals surface area contributed by atoms with Crippen LogP contribution in [0.4, 0.5) is 5.69 Å². The number of hydrogen-bond acceptors (Lipinski definition) is 3. The number of aromatic nitrogens is 1. The molecule has 1 aromatic rings. The Kier molecular flexibility index (Phi) is 3.22. The summed E-state index contributed by atoms with van der Waals surface area (Å²) in [6.45, 7) is 0.194. The Morgan fingerprint density at radius 2 is 2.24 bits per heavy atom. The molecular formula is C10H9Cl2N3O2. The van der Waals surface area contributed by atoms with E-state index < -0.39 is 11.8 Å². The van der Waals surface area contributed by atoms with E-state index in [1.165, 1.54) is 17.2 Å². The smallest absolute Gasteiger partial charge is 0.228 e. The fourth-order valence-corrected chi connectivity index (χ4v) is 2.32. The second-order valence-electron chi connectivity index (χ2n) is 3.74. The van der Waals surface area contributed by atoms with Crippen LogP contribution in [0.1, 0.15) is 6.42 Å². The molecule has 17 heavy (non-hydrogen) atoms. The first-order valence-electron chi connectivity index (χ1n) is 4.90. The molecule has 0 bridgehead atoms. The molecule has 1 unspecified atom stereocenters. The molecule has 2 heterocycles. The zero-order valence-corrected chi connectivity index (χ0v) is 10.2. The van der Waals surface area contributed by atoms with Crippen molar-refractivity contribution in [1.82, 2.24) is 4.98 Å². The van der Waals surface area contributed by atoms with Crippen molar-refractivity contribution in [2.45, 2.75) is 6.42 Å². The first kappa shape index (κ1) is 12.1. The average molecular weight is 274 g/mol. The van der Waals surface area contributed by atoms with Crippen LogP contribution < -0.4 is 10.6 Å². The normalized spacial score (nSPS) is 19.8. The number of carbonyl (C=O) groups is 2. The van der Waals surface area contributed by atoms with Crippen molar-refractivity contribution in [3.8, 4) is 0 Å². The van der Waals surface area contributed by atoms with Crippen LogP contribution in [0.3, 0.4) is 0 Å². The van der Waals surface area contributed by atoms with Gasteiger partial charge in [0.25, 0.3) is 0 Å². The maximum atomic E-state index is 11.8. The van der Waals surface area contributed by atoms with Crippen LogP contribution in [0.2, 0.25) is 10.2 Å². The van der Waals surface area contributed by atoms with Crippen LogP contribution in [0.15, 0.2) is 12.3 Å². The molecule has 2 N–H and O–H groups in total. The maximum absolute atomic E-state index is 11.8. The number of nitrogens with two attached hydrogens (primary N) is 1. The van der Waals surface area contributed by atoms with Crippen molar-refractivity contribution < 1.29 is 9.59 Å². The molecular weight excluding hydrogens is 265 g/mol. The lowest BCUT2D eigenvalue weighted by molar-refractivity contribution is -0.123. The molecule has 2 amide bonds. The number of anilines is 1. The van der Waals surface area contributed by atoms with Gasteiger partial charge in [0, 0.05) is 19.2 Å². The van der Waals surface area contributed by atoms with Crippen molar-refractivity contribution in [2.75, 3.05) is 11.4 Å². The van der Waals surface area contributed by atoms with Gasteiger partial charge in [0.05, 0.1) is 10.9 Å². The van der Waals surface area contributed by atoms with E-state index in [9.17, 15) is 9.59 Å². The van der Waals surface area contributed by atoms with Gasteiger partial charge in [0.15, 0.2) is 5.15 Å². The molecule has 1 aliphatic rings. The molecule has 1 aliphatic heterocycles. The zero-order chi connectivity index (χ0) is 12.6. The van der Waals surface area contributed by atoms with Gasteiger partial charge in [-0.05, 0) is 6.07 Å². The van der Waals surface area contributed by atoms with E-state index in [1.807, 2.05) is 0 Å². The fraction of sp³-hybridized carbons (Fsp3) is 0.300. The van der Waals surface area contributed by atoms with E-state index in [2.05, 4.69) is 4.98 Å². The molecule has 0 aromatic carbocycles. The molecule has 7 heteroatoms. The Morgan fingerprint density at radius 3 is 2.76 bits per heavy atom. The summed E-state index contributed by atoms with van der Waals surface area (Å²) in [4.78, 5) is 28.0. The summed E-state index contributed by atoms with van der Waals surface area (Å²) in [7, 11) is 0. The third kappa shape index (κ3) is 2.21. The van der Waals surface area contributed by atoms with E-state index in [0.29, 0.717) is 10.7 Å². The molecule has 1 aromatic heterocycles. The number of amides is 2. The Hall–Kier alpha value is -1.33. The second kappa shape index (κ2) is 4.50. The predicted octanol–water partition coefficient (Wildman–Crippen LogP) is 1.23. The highest BCUT2D eigenvalue weighted by Gasteiger charge is 2.35. The van der Waals surface area contributed by atoms with E-state index in [4.69, 9.17) is 28.9 Å². The summed E-state index contributed by atoms with van der Waals surface area (Å²) in [5.74, 6) is -1.24. The van der Waals surface area contributed by atoms with Gasteiger partial charge in [-0.1, -0.05) is 23.2 Å². The molecule has 1 fully saturated rings. The highest BCUT2D eigenvalue weighted by Crippen LogP contribution is 2.35.